The lowest BCUT2D eigenvalue weighted by Crippen LogP contribution is -2.26. The molecule has 1 aliphatic heterocycles. The van der Waals surface area contributed by atoms with Crippen LogP contribution < -0.4 is 0 Å². The van der Waals surface area contributed by atoms with Gasteiger partial charge in [0.25, 0.3) is 5.91 Å². The average molecular weight is 195 g/mol. The quantitative estimate of drug-likeness (QED) is 0.661. The van der Waals surface area contributed by atoms with Gasteiger partial charge in [-0.3, -0.25) is 9.59 Å². The Balaban J connectivity index is 2.04. The fourth-order valence-corrected chi connectivity index (χ4v) is 2.04. The summed E-state index contributed by atoms with van der Waals surface area (Å²) in [5.41, 5.74) is 1.10. The number of rotatable bonds is 2. The van der Waals surface area contributed by atoms with Crippen molar-refractivity contribution in [1.29, 1.82) is 0 Å². The fourth-order valence-electron chi connectivity index (χ4n) is 1.38. The second kappa shape index (κ2) is 3.30. The first kappa shape index (κ1) is 8.44. The van der Waals surface area contributed by atoms with Gasteiger partial charge in [0.05, 0.1) is 0 Å². The third kappa shape index (κ3) is 1.62. The summed E-state index contributed by atoms with van der Waals surface area (Å²) in [6, 6.07) is 1.97. The molecule has 4 heteroatoms. The summed E-state index contributed by atoms with van der Waals surface area (Å²) >= 11 is 1.60. The largest absolute Gasteiger partial charge is 0.331 e. The molecule has 1 amide bonds. The van der Waals surface area contributed by atoms with Gasteiger partial charge in [0, 0.05) is 19.5 Å². The summed E-state index contributed by atoms with van der Waals surface area (Å²) < 4.78 is 0. The summed E-state index contributed by atoms with van der Waals surface area (Å²) in [5, 5.41) is 3.97. The van der Waals surface area contributed by atoms with Crippen LogP contribution in [0.4, 0.5) is 0 Å². The van der Waals surface area contributed by atoms with Crippen LogP contribution in [0.5, 0.6) is 0 Å². The zero-order valence-corrected chi connectivity index (χ0v) is 7.84. The van der Waals surface area contributed by atoms with Crippen molar-refractivity contribution in [2.45, 2.75) is 13.0 Å². The summed E-state index contributed by atoms with van der Waals surface area (Å²) in [5.74, 6) is -0.582. The molecule has 1 saturated heterocycles. The number of thiophene rings is 1. The van der Waals surface area contributed by atoms with E-state index >= 15 is 0 Å². The Kier molecular flexibility index (Phi) is 2.14. The molecule has 0 atom stereocenters. The van der Waals surface area contributed by atoms with Gasteiger partial charge in [0.15, 0.2) is 0 Å². The topological polar surface area (TPSA) is 37.4 Å². The molecular formula is C9H9NO2S. The van der Waals surface area contributed by atoms with Crippen molar-refractivity contribution in [3.63, 3.8) is 0 Å². The van der Waals surface area contributed by atoms with E-state index in [0.29, 0.717) is 19.5 Å². The van der Waals surface area contributed by atoms with Crippen LogP contribution >= 0.6 is 11.3 Å². The number of amides is 1. The third-order valence-corrected chi connectivity index (χ3v) is 2.82. The highest BCUT2D eigenvalue weighted by Gasteiger charge is 2.28. The first-order valence-electron chi connectivity index (χ1n) is 4.10. The number of Topliss-reactive ketones (excluding diaryl/α,β-unsaturated/α-hetero) is 1. The lowest BCUT2D eigenvalue weighted by molar-refractivity contribution is -0.140. The molecule has 1 aliphatic rings. The van der Waals surface area contributed by atoms with E-state index in [2.05, 4.69) is 0 Å². The Bertz CT molecular complexity index is 331. The Labute approximate surface area is 80.0 Å². The van der Waals surface area contributed by atoms with E-state index in [0.717, 1.165) is 5.56 Å². The molecule has 0 aromatic carbocycles. The Morgan fingerprint density at radius 1 is 1.46 bits per heavy atom. The van der Waals surface area contributed by atoms with E-state index in [4.69, 9.17) is 0 Å². The van der Waals surface area contributed by atoms with Gasteiger partial charge in [0.1, 0.15) is 0 Å². The normalized spacial score (nSPS) is 17.1. The molecule has 0 unspecified atom stereocenters. The van der Waals surface area contributed by atoms with Crippen molar-refractivity contribution in [1.82, 2.24) is 4.90 Å². The van der Waals surface area contributed by atoms with Crippen LogP contribution in [0.2, 0.25) is 0 Å². The number of ketones is 1. The van der Waals surface area contributed by atoms with Crippen molar-refractivity contribution in [3.05, 3.63) is 22.4 Å². The van der Waals surface area contributed by atoms with E-state index in [9.17, 15) is 9.59 Å². The molecule has 2 heterocycles. The van der Waals surface area contributed by atoms with Crippen LogP contribution in [-0.4, -0.2) is 23.1 Å². The van der Waals surface area contributed by atoms with Gasteiger partial charge in [-0.15, -0.1) is 0 Å². The van der Waals surface area contributed by atoms with E-state index < -0.39 is 0 Å². The fraction of sp³-hybridized carbons (Fsp3) is 0.333. The molecule has 0 saturated carbocycles. The van der Waals surface area contributed by atoms with Crippen LogP contribution in [0.15, 0.2) is 16.8 Å². The molecule has 0 aliphatic carbocycles. The van der Waals surface area contributed by atoms with Crippen LogP contribution in [0.25, 0.3) is 0 Å². The first-order chi connectivity index (χ1) is 6.27. The molecule has 0 N–H and O–H groups in total. The number of nitrogens with zero attached hydrogens (tertiary/aromatic N) is 1. The molecule has 1 aromatic heterocycles. The monoisotopic (exact) mass is 195 g/mol. The minimum absolute atomic E-state index is 0.254. The summed E-state index contributed by atoms with van der Waals surface area (Å²) in [4.78, 5) is 23.7. The second-order valence-corrected chi connectivity index (χ2v) is 3.81. The molecule has 1 aromatic rings. The minimum Gasteiger partial charge on any atom is -0.331 e. The zero-order chi connectivity index (χ0) is 9.26. The van der Waals surface area contributed by atoms with Gasteiger partial charge >= 0.3 is 0 Å². The maximum Gasteiger partial charge on any atom is 0.290 e. The van der Waals surface area contributed by atoms with Gasteiger partial charge in [-0.1, -0.05) is 0 Å². The van der Waals surface area contributed by atoms with Crippen LogP contribution in [-0.2, 0) is 16.1 Å². The van der Waals surface area contributed by atoms with Crippen molar-refractivity contribution in [3.8, 4) is 0 Å². The van der Waals surface area contributed by atoms with Gasteiger partial charge in [0.2, 0.25) is 5.78 Å². The van der Waals surface area contributed by atoms with Crippen molar-refractivity contribution in [2.75, 3.05) is 6.54 Å². The van der Waals surface area contributed by atoms with Gasteiger partial charge in [-0.25, -0.2) is 0 Å². The molecule has 13 heavy (non-hydrogen) atoms. The molecular weight excluding hydrogens is 186 g/mol. The van der Waals surface area contributed by atoms with Crippen LogP contribution in [0.3, 0.4) is 0 Å². The van der Waals surface area contributed by atoms with E-state index in [1.807, 2.05) is 16.8 Å². The van der Waals surface area contributed by atoms with Crippen LogP contribution in [0.1, 0.15) is 12.0 Å². The van der Waals surface area contributed by atoms with E-state index in [-0.39, 0.29) is 11.7 Å². The summed E-state index contributed by atoms with van der Waals surface area (Å²) in [6.45, 7) is 1.15. The standard InChI is InChI=1S/C9H9NO2S/c11-8-1-3-10(9(8)12)5-7-2-4-13-6-7/h2,4,6H,1,3,5H2. The van der Waals surface area contributed by atoms with Crippen molar-refractivity contribution >= 4 is 23.0 Å². The highest BCUT2D eigenvalue weighted by molar-refractivity contribution is 7.07. The number of carbonyl (C=O) groups is 2. The molecule has 3 nitrogen and oxygen atoms in total. The van der Waals surface area contributed by atoms with Crippen molar-refractivity contribution < 1.29 is 9.59 Å². The molecule has 0 spiro atoms. The molecule has 1 fully saturated rings. The molecule has 68 valence electrons. The Morgan fingerprint density at radius 2 is 2.31 bits per heavy atom. The predicted octanol–water partition coefficient (Wildman–Crippen LogP) is 1.05. The number of hydrogen-bond donors (Lipinski definition) is 0. The number of carbonyl (C=O) groups excluding carboxylic acids is 2. The summed E-state index contributed by atoms with van der Waals surface area (Å²) in [6.07, 6.45) is 0.378. The molecule has 0 radical (unpaired) electrons. The SMILES string of the molecule is O=C1CCN(Cc2ccsc2)C1=O. The lowest BCUT2D eigenvalue weighted by Gasteiger charge is -2.12. The maximum absolute atomic E-state index is 11.2. The summed E-state index contributed by atoms with van der Waals surface area (Å²) in [7, 11) is 0. The van der Waals surface area contributed by atoms with Gasteiger partial charge < -0.3 is 4.90 Å². The number of likely N-dealkylation sites (tertiary alicyclic amines) is 1. The predicted molar refractivity (Wildman–Crippen MR) is 49.4 cm³/mol. The second-order valence-electron chi connectivity index (χ2n) is 3.03. The van der Waals surface area contributed by atoms with E-state index in [1.165, 1.54) is 0 Å². The molecule has 2 rings (SSSR count). The smallest absolute Gasteiger partial charge is 0.290 e. The maximum atomic E-state index is 11.2. The highest BCUT2D eigenvalue weighted by atomic mass is 32.1. The van der Waals surface area contributed by atoms with Gasteiger partial charge in [-0.05, 0) is 22.4 Å². The third-order valence-electron chi connectivity index (χ3n) is 2.09. The first-order valence-corrected chi connectivity index (χ1v) is 5.05. The highest BCUT2D eigenvalue weighted by Crippen LogP contribution is 2.13. The van der Waals surface area contributed by atoms with Gasteiger partial charge in [-0.2, -0.15) is 11.3 Å². The Hall–Kier alpha value is -1.16. The number of hydrogen-bond acceptors (Lipinski definition) is 3. The lowest BCUT2D eigenvalue weighted by atomic mass is 10.3. The average Bonchev–Trinajstić information content (AvgIpc) is 2.71. The Morgan fingerprint density at radius 3 is 2.85 bits per heavy atom. The minimum atomic E-state index is -0.328. The van der Waals surface area contributed by atoms with Crippen molar-refractivity contribution in [2.24, 2.45) is 0 Å². The van der Waals surface area contributed by atoms with Crippen LogP contribution in [0, 0.1) is 0 Å². The van der Waals surface area contributed by atoms with E-state index in [1.54, 1.807) is 16.2 Å². The molecule has 0 bridgehead atoms. The zero-order valence-electron chi connectivity index (χ0n) is 7.03.